The quantitative estimate of drug-likeness (QED) is 0.296. The van der Waals surface area contributed by atoms with Gasteiger partial charge in [-0.25, -0.2) is 0 Å². The summed E-state index contributed by atoms with van der Waals surface area (Å²) in [4.78, 5) is 1.58. The smallest absolute Gasteiger partial charge is 0.118 e. The molecule has 0 saturated carbocycles. The van der Waals surface area contributed by atoms with Gasteiger partial charge in [-0.2, -0.15) is 0 Å². The van der Waals surface area contributed by atoms with Gasteiger partial charge in [0.15, 0.2) is 0 Å². The molecule has 0 aromatic rings. The molecule has 0 aliphatic rings. The summed E-state index contributed by atoms with van der Waals surface area (Å²) in [6, 6.07) is -0.738. The van der Waals surface area contributed by atoms with E-state index in [4.69, 9.17) is 33.8 Å². The third-order valence-corrected chi connectivity index (χ3v) is 1.26. The van der Waals surface area contributed by atoms with E-state index in [1.54, 1.807) is 0 Å². The molecule has 4 nitrogen and oxygen atoms in total. The Morgan fingerprint density at radius 1 is 1.67 bits per heavy atom. The molecule has 0 bridgehead atoms. The van der Waals surface area contributed by atoms with Crippen LogP contribution in [0.1, 0.15) is 0 Å². The first kappa shape index (κ1) is 8.85. The molecular formula is C3H5Cl2N3O. The third kappa shape index (κ3) is 3.43. The fraction of sp³-hybridized carbons (Fsp3) is 1.00. The highest BCUT2D eigenvalue weighted by molar-refractivity contribution is 6.44. The predicted octanol–water partition coefficient (Wildman–Crippen LogP) is 1.46. The van der Waals surface area contributed by atoms with Crippen LogP contribution in [0, 0.1) is 0 Å². The van der Waals surface area contributed by atoms with Crippen molar-refractivity contribution in [3.8, 4) is 0 Å². The lowest BCUT2D eigenvalue weighted by atomic mass is 10.4. The van der Waals surface area contributed by atoms with Gasteiger partial charge < -0.3 is 5.11 Å². The molecule has 0 fully saturated rings. The van der Waals surface area contributed by atoms with Gasteiger partial charge in [0.2, 0.25) is 0 Å². The highest BCUT2D eigenvalue weighted by Gasteiger charge is 2.12. The maximum Gasteiger partial charge on any atom is 0.118 e. The maximum absolute atomic E-state index is 8.39. The molecule has 1 atom stereocenters. The first-order valence-corrected chi connectivity index (χ1v) is 3.03. The van der Waals surface area contributed by atoms with Gasteiger partial charge in [0, 0.05) is 4.91 Å². The third-order valence-electron chi connectivity index (χ3n) is 0.678. The molecule has 0 aromatic heterocycles. The Morgan fingerprint density at radius 2 is 2.22 bits per heavy atom. The van der Waals surface area contributed by atoms with E-state index in [1.165, 1.54) is 0 Å². The summed E-state index contributed by atoms with van der Waals surface area (Å²) in [5.74, 6) is 0. The number of aliphatic hydroxyl groups excluding tert-OH is 1. The number of halogens is 2. The summed E-state index contributed by atoms with van der Waals surface area (Å²) in [6.07, 6.45) is 0. The fourth-order valence-corrected chi connectivity index (χ4v) is 0.493. The topological polar surface area (TPSA) is 69.0 Å². The average molecular weight is 170 g/mol. The maximum atomic E-state index is 8.39. The molecule has 0 aliphatic carbocycles. The van der Waals surface area contributed by atoms with E-state index < -0.39 is 10.9 Å². The predicted molar refractivity (Wildman–Crippen MR) is 35.5 cm³/mol. The van der Waals surface area contributed by atoms with E-state index in [0.29, 0.717) is 0 Å². The summed E-state index contributed by atoms with van der Waals surface area (Å²) < 4.78 is 0. The van der Waals surface area contributed by atoms with Crippen LogP contribution in [0.4, 0.5) is 0 Å². The Labute approximate surface area is 62.0 Å². The van der Waals surface area contributed by atoms with Crippen molar-refractivity contribution in [2.24, 2.45) is 5.11 Å². The van der Waals surface area contributed by atoms with Gasteiger partial charge in [-0.05, 0) is 5.53 Å². The SMILES string of the molecule is [N-]=[N+]=NC(CO)C(Cl)Cl. The molecule has 0 amide bonds. The molecule has 0 aromatic carbocycles. The Hall–Kier alpha value is -0.150. The van der Waals surface area contributed by atoms with Crippen LogP contribution in [-0.2, 0) is 0 Å². The van der Waals surface area contributed by atoms with Gasteiger partial charge in [0.25, 0.3) is 0 Å². The molecule has 6 heteroatoms. The van der Waals surface area contributed by atoms with Crippen molar-refractivity contribution in [2.75, 3.05) is 6.61 Å². The first-order valence-electron chi connectivity index (χ1n) is 2.15. The van der Waals surface area contributed by atoms with Gasteiger partial charge in [-0.3, -0.25) is 0 Å². The molecule has 1 N–H and O–H groups in total. The molecule has 0 aliphatic heterocycles. The lowest BCUT2D eigenvalue weighted by molar-refractivity contribution is 0.271. The molecule has 52 valence electrons. The summed E-state index contributed by atoms with van der Waals surface area (Å²) in [7, 11) is 0. The lowest BCUT2D eigenvalue weighted by Crippen LogP contribution is -2.17. The molecule has 0 spiro atoms. The lowest BCUT2D eigenvalue weighted by Gasteiger charge is -2.05. The molecule has 9 heavy (non-hydrogen) atoms. The Bertz CT molecular complexity index is 122. The van der Waals surface area contributed by atoms with Gasteiger partial charge in [-0.1, -0.05) is 5.11 Å². The van der Waals surface area contributed by atoms with Crippen molar-refractivity contribution in [3.05, 3.63) is 10.4 Å². The highest BCUT2D eigenvalue weighted by atomic mass is 35.5. The molecular weight excluding hydrogens is 165 g/mol. The number of alkyl halides is 2. The minimum Gasteiger partial charge on any atom is -0.396 e. The molecule has 0 radical (unpaired) electrons. The van der Waals surface area contributed by atoms with Gasteiger partial charge in [-0.15, -0.1) is 23.2 Å². The van der Waals surface area contributed by atoms with Crippen molar-refractivity contribution in [2.45, 2.75) is 10.9 Å². The average Bonchev–Trinajstić information content (AvgIpc) is 1.82. The largest absolute Gasteiger partial charge is 0.396 e. The summed E-state index contributed by atoms with van der Waals surface area (Å²) >= 11 is 10.5. The summed E-state index contributed by atoms with van der Waals surface area (Å²) in [6.45, 7) is -0.332. The molecule has 0 heterocycles. The normalized spacial score (nSPS) is 12.9. The minimum absolute atomic E-state index is 0.332. The molecule has 0 rings (SSSR count). The zero-order valence-corrected chi connectivity index (χ0v) is 5.92. The number of hydrogen-bond donors (Lipinski definition) is 1. The van der Waals surface area contributed by atoms with Gasteiger partial charge in [0.05, 0.1) is 12.6 Å². The number of hydrogen-bond acceptors (Lipinski definition) is 2. The van der Waals surface area contributed by atoms with E-state index in [-0.39, 0.29) is 6.61 Å². The van der Waals surface area contributed by atoms with Crippen molar-refractivity contribution in [1.82, 2.24) is 0 Å². The van der Waals surface area contributed by atoms with E-state index in [1.807, 2.05) is 0 Å². The number of rotatable bonds is 3. The van der Waals surface area contributed by atoms with E-state index in [9.17, 15) is 0 Å². The van der Waals surface area contributed by atoms with Crippen LogP contribution < -0.4 is 0 Å². The molecule has 1 unspecified atom stereocenters. The highest BCUT2D eigenvalue weighted by Crippen LogP contribution is 2.10. The van der Waals surface area contributed by atoms with Crippen LogP contribution in [0.3, 0.4) is 0 Å². The van der Waals surface area contributed by atoms with Crippen molar-refractivity contribution in [1.29, 1.82) is 0 Å². The minimum atomic E-state index is -0.842. The first-order chi connectivity index (χ1) is 4.22. The van der Waals surface area contributed by atoms with E-state index >= 15 is 0 Å². The van der Waals surface area contributed by atoms with Crippen molar-refractivity contribution >= 4 is 23.2 Å². The number of nitrogens with zero attached hydrogens (tertiary/aromatic N) is 3. The molecule has 0 saturated heterocycles. The van der Waals surface area contributed by atoms with Crippen molar-refractivity contribution in [3.63, 3.8) is 0 Å². The van der Waals surface area contributed by atoms with E-state index in [0.717, 1.165) is 0 Å². The van der Waals surface area contributed by atoms with Crippen LogP contribution in [0.25, 0.3) is 10.4 Å². The Kier molecular flexibility index (Phi) is 4.62. The van der Waals surface area contributed by atoms with Crippen molar-refractivity contribution < 1.29 is 5.11 Å². The monoisotopic (exact) mass is 169 g/mol. The van der Waals surface area contributed by atoms with Crippen LogP contribution in [0.15, 0.2) is 5.11 Å². The second-order valence-electron chi connectivity index (χ2n) is 1.29. The van der Waals surface area contributed by atoms with Crippen LogP contribution in [0.2, 0.25) is 0 Å². The van der Waals surface area contributed by atoms with Gasteiger partial charge >= 0.3 is 0 Å². The van der Waals surface area contributed by atoms with Gasteiger partial charge in [0.1, 0.15) is 4.84 Å². The zero-order valence-electron chi connectivity index (χ0n) is 4.41. The standard InChI is InChI=1S/C3H5Cl2N3O/c4-3(5)2(1-9)7-8-6/h2-3,9H,1H2. The van der Waals surface area contributed by atoms with Crippen LogP contribution in [0.5, 0.6) is 0 Å². The number of azide groups is 1. The van der Waals surface area contributed by atoms with Crippen LogP contribution >= 0.6 is 23.2 Å². The summed E-state index contributed by atoms with van der Waals surface area (Å²) in [5.41, 5.74) is 7.85. The number of aliphatic hydroxyl groups is 1. The fourth-order valence-electron chi connectivity index (χ4n) is 0.233. The Morgan fingerprint density at radius 3 is 2.33 bits per heavy atom. The van der Waals surface area contributed by atoms with E-state index in [2.05, 4.69) is 10.0 Å². The van der Waals surface area contributed by atoms with Crippen LogP contribution in [-0.4, -0.2) is 22.6 Å². The zero-order chi connectivity index (χ0) is 7.28. The second-order valence-corrected chi connectivity index (χ2v) is 2.45. The summed E-state index contributed by atoms with van der Waals surface area (Å²) in [5, 5.41) is 11.5. The Balaban J connectivity index is 3.82. The second kappa shape index (κ2) is 4.70.